The molecule has 0 spiro atoms. The van der Waals surface area contributed by atoms with Crippen LogP contribution in [0.3, 0.4) is 0 Å². The number of aromatic nitrogens is 1. The van der Waals surface area contributed by atoms with Crippen LogP contribution in [0.2, 0.25) is 0 Å². The fraction of sp³-hybridized carbons (Fsp3) is 0.650. The van der Waals surface area contributed by atoms with Crippen LogP contribution >= 0.6 is 0 Å². The molecule has 1 fully saturated rings. The van der Waals surface area contributed by atoms with E-state index in [-0.39, 0.29) is 25.1 Å². The molecule has 0 bridgehead atoms. The highest BCUT2D eigenvalue weighted by atomic mass is 16.5. The van der Waals surface area contributed by atoms with E-state index in [1.807, 2.05) is 0 Å². The minimum Gasteiger partial charge on any atom is -0.462 e. The van der Waals surface area contributed by atoms with Gasteiger partial charge in [-0.3, -0.25) is 9.59 Å². The fourth-order valence-corrected chi connectivity index (χ4v) is 3.56. The van der Waals surface area contributed by atoms with E-state index in [0.29, 0.717) is 23.8 Å². The van der Waals surface area contributed by atoms with Crippen LogP contribution in [0, 0.1) is 19.8 Å². The number of hydrogen-bond donors (Lipinski definition) is 1. The largest absolute Gasteiger partial charge is 0.462 e. The molecule has 1 aliphatic rings. The second-order valence-electron chi connectivity index (χ2n) is 7.19. The van der Waals surface area contributed by atoms with Gasteiger partial charge in [0.15, 0.2) is 6.61 Å². The summed E-state index contributed by atoms with van der Waals surface area (Å²) in [6.45, 7) is 7.39. The van der Waals surface area contributed by atoms with Crippen LogP contribution in [0.5, 0.6) is 0 Å². The zero-order valence-electron chi connectivity index (χ0n) is 16.7. The molecule has 7 heteroatoms. The van der Waals surface area contributed by atoms with Gasteiger partial charge in [0, 0.05) is 17.4 Å². The molecule has 0 saturated heterocycles. The summed E-state index contributed by atoms with van der Waals surface area (Å²) in [5.41, 5.74) is 1.84. The molecule has 2 atom stereocenters. The van der Waals surface area contributed by atoms with E-state index in [9.17, 15) is 14.4 Å². The number of ether oxygens (including phenoxy) is 2. The molecule has 0 unspecified atom stereocenters. The molecular weight excluding hydrogens is 348 g/mol. The van der Waals surface area contributed by atoms with Crippen LogP contribution < -0.4 is 5.32 Å². The highest BCUT2D eigenvalue weighted by molar-refractivity contribution is 5.91. The van der Waals surface area contributed by atoms with Crippen molar-refractivity contribution in [1.29, 1.82) is 0 Å². The Labute approximate surface area is 160 Å². The SMILES string of the molecule is CCOC(=O)c1cc(C)n(CC(=O)OCC(=O)N[C@@H]2CCCC[C@@H]2C)c1C. The number of esters is 2. The summed E-state index contributed by atoms with van der Waals surface area (Å²) in [7, 11) is 0. The van der Waals surface area contributed by atoms with Gasteiger partial charge in [0.1, 0.15) is 6.54 Å². The van der Waals surface area contributed by atoms with Gasteiger partial charge >= 0.3 is 11.9 Å². The number of carbonyl (C=O) groups excluding carboxylic acids is 3. The first kappa shape index (κ1) is 21.0. The molecule has 0 radical (unpaired) electrons. The van der Waals surface area contributed by atoms with Crippen LogP contribution in [0.15, 0.2) is 6.07 Å². The van der Waals surface area contributed by atoms with E-state index in [1.54, 1.807) is 31.4 Å². The Hall–Kier alpha value is -2.31. The van der Waals surface area contributed by atoms with E-state index >= 15 is 0 Å². The van der Waals surface area contributed by atoms with E-state index in [2.05, 4.69) is 12.2 Å². The number of rotatable bonds is 7. The van der Waals surface area contributed by atoms with E-state index in [0.717, 1.165) is 25.0 Å². The van der Waals surface area contributed by atoms with Crippen molar-refractivity contribution in [3.05, 3.63) is 23.0 Å². The Morgan fingerprint density at radius 3 is 2.56 bits per heavy atom. The van der Waals surface area contributed by atoms with Gasteiger partial charge in [0.25, 0.3) is 5.91 Å². The number of aryl methyl sites for hydroxylation is 1. The third kappa shape index (κ3) is 5.58. The van der Waals surface area contributed by atoms with Crippen molar-refractivity contribution in [2.45, 2.75) is 66.0 Å². The maximum absolute atomic E-state index is 12.1. The minimum absolute atomic E-state index is 0.0514. The lowest BCUT2D eigenvalue weighted by molar-refractivity contribution is -0.149. The Kier molecular flexibility index (Phi) is 7.45. The Morgan fingerprint density at radius 1 is 1.19 bits per heavy atom. The lowest BCUT2D eigenvalue weighted by atomic mass is 9.86. The molecule has 2 rings (SSSR count). The smallest absolute Gasteiger partial charge is 0.339 e. The van der Waals surface area contributed by atoms with Gasteiger partial charge in [-0.05, 0) is 45.6 Å². The number of amides is 1. The second-order valence-corrected chi connectivity index (χ2v) is 7.19. The fourth-order valence-electron chi connectivity index (χ4n) is 3.56. The molecule has 1 N–H and O–H groups in total. The quantitative estimate of drug-likeness (QED) is 0.737. The predicted octanol–water partition coefficient (Wildman–Crippen LogP) is 2.52. The van der Waals surface area contributed by atoms with E-state index < -0.39 is 11.9 Å². The van der Waals surface area contributed by atoms with Gasteiger partial charge in [-0.2, -0.15) is 0 Å². The van der Waals surface area contributed by atoms with Crippen molar-refractivity contribution in [2.24, 2.45) is 5.92 Å². The van der Waals surface area contributed by atoms with Crippen molar-refractivity contribution in [1.82, 2.24) is 9.88 Å². The average molecular weight is 378 g/mol. The Balaban J connectivity index is 1.86. The maximum atomic E-state index is 12.1. The molecule has 1 aromatic heterocycles. The molecule has 0 aromatic carbocycles. The van der Waals surface area contributed by atoms with Gasteiger partial charge in [-0.25, -0.2) is 4.79 Å². The molecule has 27 heavy (non-hydrogen) atoms. The standard InChI is InChI=1S/C20H30N2O5/c1-5-26-20(25)16-10-14(3)22(15(16)4)11-19(24)27-12-18(23)21-17-9-7-6-8-13(17)2/h10,13,17H,5-9,11-12H2,1-4H3,(H,21,23)/t13-,17+/m0/s1. The lowest BCUT2D eigenvalue weighted by Gasteiger charge is -2.29. The van der Waals surface area contributed by atoms with Crippen molar-refractivity contribution in [3.8, 4) is 0 Å². The van der Waals surface area contributed by atoms with Crippen LogP contribution in [-0.2, 0) is 25.6 Å². The van der Waals surface area contributed by atoms with Crippen molar-refractivity contribution in [3.63, 3.8) is 0 Å². The monoisotopic (exact) mass is 378 g/mol. The highest BCUT2D eigenvalue weighted by Gasteiger charge is 2.23. The highest BCUT2D eigenvalue weighted by Crippen LogP contribution is 2.23. The summed E-state index contributed by atoms with van der Waals surface area (Å²) in [5.74, 6) is -0.745. The van der Waals surface area contributed by atoms with Crippen LogP contribution in [0.1, 0.15) is 61.3 Å². The maximum Gasteiger partial charge on any atom is 0.339 e. The third-order valence-electron chi connectivity index (χ3n) is 5.18. The number of nitrogens with zero attached hydrogens (tertiary/aromatic N) is 1. The van der Waals surface area contributed by atoms with Gasteiger partial charge < -0.3 is 19.4 Å². The zero-order chi connectivity index (χ0) is 20.0. The summed E-state index contributed by atoms with van der Waals surface area (Å²) < 4.78 is 11.8. The molecule has 1 aliphatic carbocycles. The average Bonchev–Trinajstić information content (AvgIpc) is 2.90. The van der Waals surface area contributed by atoms with Crippen molar-refractivity contribution < 1.29 is 23.9 Å². The van der Waals surface area contributed by atoms with Crippen LogP contribution in [0.4, 0.5) is 0 Å². The summed E-state index contributed by atoms with van der Waals surface area (Å²) in [6, 6.07) is 1.85. The predicted molar refractivity (Wildman–Crippen MR) is 100 cm³/mol. The normalized spacial score (nSPS) is 19.4. The van der Waals surface area contributed by atoms with Gasteiger partial charge in [0.2, 0.25) is 0 Å². The summed E-state index contributed by atoms with van der Waals surface area (Å²) in [6.07, 6.45) is 4.40. The topological polar surface area (TPSA) is 86.6 Å². The molecule has 150 valence electrons. The Bertz CT molecular complexity index is 695. The summed E-state index contributed by atoms with van der Waals surface area (Å²) >= 11 is 0. The molecule has 7 nitrogen and oxygen atoms in total. The number of hydrogen-bond acceptors (Lipinski definition) is 5. The second kappa shape index (κ2) is 9.58. The molecular formula is C20H30N2O5. The molecule has 1 aromatic rings. The minimum atomic E-state index is -0.515. The Morgan fingerprint density at radius 2 is 1.89 bits per heavy atom. The van der Waals surface area contributed by atoms with Crippen LogP contribution in [0.25, 0.3) is 0 Å². The van der Waals surface area contributed by atoms with Crippen LogP contribution in [-0.4, -0.2) is 41.7 Å². The third-order valence-corrected chi connectivity index (χ3v) is 5.18. The summed E-state index contributed by atoms with van der Waals surface area (Å²) in [4.78, 5) is 36.1. The number of nitrogens with one attached hydrogen (secondary N) is 1. The molecule has 0 aliphatic heterocycles. The first-order valence-corrected chi connectivity index (χ1v) is 9.62. The number of carbonyl (C=O) groups is 3. The van der Waals surface area contributed by atoms with Crippen molar-refractivity contribution >= 4 is 17.8 Å². The summed E-state index contributed by atoms with van der Waals surface area (Å²) in [5, 5.41) is 2.96. The van der Waals surface area contributed by atoms with Gasteiger partial charge in [0.05, 0.1) is 12.2 Å². The van der Waals surface area contributed by atoms with E-state index in [4.69, 9.17) is 9.47 Å². The zero-order valence-corrected chi connectivity index (χ0v) is 16.7. The van der Waals surface area contributed by atoms with Crippen molar-refractivity contribution in [2.75, 3.05) is 13.2 Å². The molecule has 1 amide bonds. The van der Waals surface area contributed by atoms with E-state index in [1.165, 1.54) is 6.42 Å². The van der Waals surface area contributed by atoms with Gasteiger partial charge in [-0.1, -0.05) is 19.8 Å². The molecule has 1 saturated carbocycles. The first-order chi connectivity index (χ1) is 12.8. The first-order valence-electron chi connectivity index (χ1n) is 9.62. The lowest BCUT2D eigenvalue weighted by Crippen LogP contribution is -2.43. The molecule has 1 heterocycles. The van der Waals surface area contributed by atoms with Gasteiger partial charge in [-0.15, -0.1) is 0 Å².